The molecule has 0 rings (SSSR count). The lowest BCUT2D eigenvalue weighted by atomic mass is 10.7. The fourth-order valence-electron chi connectivity index (χ4n) is 1.02. The van der Waals surface area contributed by atoms with Crippen LogP contribution in [-0.2, 0) is 4.74 Å². The molecule has 28 heavy (non-hydrogen) atoms. The van der Waals surface area contributed by atoms with Crippen molar-refractivity contribution in [3.8, 4) is 0 Å². The molecule has 0 radical (unpaired) electrons. The molecular formula is C20H67N4OP3. The van der Waals surface area contributed by atoms with E-state index in [2.05, 4.69) is 61.2 Å². The lowest BCUT2D eigenvalue weighted by Gasteiger charge is -2.20. The molecule has 1 unspecified atom stereocenters. The monoisotopic (exact) mass is 472 g/mol. The molecule has 1 atom stereocenters. The first kappa shape index (κ1) is 63.0. The van der Waals surface area contributed by atoms with Crippen LogP contribution in [0.1, 0.15) is 59.4 Å². The minimum absolute atomic E-state index is 0. The largest absolute Gasteiger partial charge is 0.383 e. The molecule has 0 aromatic rings. The van der Waals surface area contributed by atoms with Crippen LogP contribution in [0.25, 0.3) is 0 Å². The van der Waals surface area contributed by atoms with E-state index in [1.54, 1.807) is 7.11 Å². The van der Waals surface area contributed by atoms with Gasteiger partial charge in [-0.2, -0.15) is 0 Å². The second kappa shape index (κ2) is 29.8. The van der Waals surface area contributed by atoms with Crippen LogP contribution in [0.3, 0.4) is 0 Å². The Morgan fingerprint density at radius 2 is 0.964 bits per heavy atom. The van der Waals surface area contributed by atoms with E-state index in [1.165, 1.54) is 0 Å². The van der Waals surface area contributed by atoms with E-state index in [1.807, 2.05) is 14.1 Å². The second-order valence-corrected chi connectivity index (χ2v) is 17.6. The lowest BCUT2D eigenvalue weighted by Crippen LogP contribution is -2.14. The van der Waals surface area contributed by atoms with Crippen molar-refractivity contribution in [3.05, 3.63) is 0 Å². The van der Waals surface area contributed by atoms with Crippen LogP contribution in [0.15, 0.2) is 14.0 Å². The van der Waals surface area contributed by atoms with Crippen LogP contribution < -0.4 is 5.09 Å². The summed E-state index contributed by atoms with van der Waals surface area (Å²) in [5.41, 5.74) is 0. The van der Waals surface area contributed by atoms with Crippen LogP contribution in [0.2, 0.25) is 0 Å². The van der Waals surface area contributed by atoms with Crippen molar-refractivity contribution in [2.75, 3.05) is 81.0 Å². The summed E-state index contributed by atoms with van der Waals surface area (Å²) in [6, 6.07) is 0. The van der Waals surface area contributed by atoms with Gasteiger partial charge in [-0.15, -0.1) is 0 Å². The van der Waals surface area contributed by atoms with Crippen molar-refractivity contribution in [2.24, 2.45) is 14.0 Å². The first-order valence-electron chi connectivity index (χ1n) is 6.60. The zero-order chi connectivity index (χ0) is 16.4. The molecular weight excluding hydrogens is 405 g/mol. The SMILES string of the molecule is C.C.C.C.C.C.C.C.CN=P(C)(C)C.CN=P(C)(N=P(C)(C)C)NCCOC. The highest BCUT2D eigenvalue weighted by molar-refractivity contribution is 7.74. The van der Waals surface area contributed by atoms with E-state index in [0.29, 0.717) is 6.61 Å². The molecule has 0 saturated carbocycles. The number of nitrogens with one attached hydrogen (secondary N) is 1. The van der Waals surface area contributed by atoms with Crippen LogP contribution in [0.5, 0.6) is 0 Å². The summed E-state index contributed by atoms with van der Waals surface area (Å²) in [4.78, 5) is 0. The Bertz CT molecular complexity index is 409. The Hall–Kier alpha value is 0.610. The summed E-state index contributed by atoms with van der Waals surface area (Å²) < 4.78 is 18.3. The average molecular weight is 473 g/mol. The van der Waals surface area contributed by atoms with Gasteiger partial charge in [-0.3, -0.25) is 14.3 Å². The van der Waals surface area contributed by atoms with Gasteiger partial charge in [0.25, 0.3) is 0 Å². The van der Waals surface area contributed by atoms with Crippen molar-refractivity contribution >= 4 is 21.5 Å². The number of hydrogen-bond acceptors (Lipinski definition) is 3. The van der Waals surface area contributed by atoms with Gasteiger partial charge in [0.2, 0.25) is 0 Å². The lowest BCUT2D eigenvalue weighted by molar-refractivity contribution is 0.204. The van der Waals surface area contributed by atoms with Gasteiger partial charge in [0.1, 0.15) is 7.36 Å². The van der Waals surface area contributed by atoms with E-state index in [0.717, 1.165) is 6.54 Å². The number of nitrogens with zero attached hydrogens (tertiary/aromatic N) is 3. The number of ether oxygens (including phenoxy) is 1. The van der Waals surface area contributed by atoms with Crippen molar-refractivity contribution < 1.29 is 4.74 Å². The van der Waals surface area contributed by atoms with Gasteiger partial charge < -0.3 is 9.48 Å². The van der Waals surface area contributed by atoms with Crippen molar-refractivity contribution in [2.45, 2.75) is 59.4 Å². The topological polar surface area (TPSA) is 58.3 Å². The predicted molar refractivity (Wildman–Crippen MR) is 155 cm³/mol. The first-order chi connectivity index (χ1) is 8.89. The maximum Gasteiger partial charge on any atom is 0.132 e. The average Bonchev–Trinajstić information content (AvgIpc) is 2.27. The molecule has 0 aliphatic rings. The Balaban J connectivity index is -0.0000000260. The Labute approximate surface area is 185 Å². The molecule has 5 nitrogen and oxygen atoms in total. The summed E-state index contributed by atoms with van der Waals surface area (Å²) >= 11 is 0. The number of methoxy groups -OCH3 is 1. The van der Waals surface area contributed by atoms with Crippen LogP contribution in [-0.4, -0.2) is 81.0 Å². The molecule has 0 bridgehead atoms. The molecule has 0 aliphatic carbocycles. The van der Waals surface area contributed by atoms with E-state index in [4.69, 9.17) is 9.25 Å². The van der Waals surface area contributed by atoms with Gasteiger partial charge in [-0.1, -0.05) is 59.4 Å². The van der Waals surface area contributed by atoms with E-state index >= 15 is 0 Å². The zero-order valence-electron chi connectivity index (χ0n) is 15.0. The van der Waals surface area contributed by atoms with E-state index < -0.39 is 21.5 Å². The van der Waals surface area contributed by atoms with E-state index in [9.17, 15) is 0 Å². The summed E-state index contributed by atoms with van der Waals surface area (Å²) in [5, 5.41) is 3.38. The molecule has 8 heteroatoms. The number of hydrogen-bond donors (Lipinski definition) is 1. The third kappa shape index (κ3) is 50.4. The molecule has 0 aromatic carbocycles. The number of rotatable bonds is 5. The summed E-state index contributed by atoms with van der Waals surface area (Å²) in [6.07, 6.45) is 0. The molecule has 0 heterocycles. The molecule has 0 aliphatic heterocycles. The Morgan fingerprint density at radius 3 is 1.14 bits per heavy atom. The van der Waals surface area contributed by atoms with Crippen LogP contribution in [0, 0.1) is 0 Å². The van der Waals surface area contributed by atoms with Gasteiger partial charge in [0.05, 0.1) is 6.61 Å². The molecule has 0 fully saturated rings. The molecule has 0 saturated heterocycles. The van der Waals surface area contributed by atoms with Gasteiger partial charge in [-0.05, 0) is 54.1 Å². The van der Waals surface area contributed by atoms with Crippen LogP contribution >= 0.6 is 21.5 Å². The highest BCUT2D eigenvalue weighted by Gasteiger charge is 2.10. The first-order valence-corrected chi connectivity index (χ1v) is 14.9. The fraction of sp³-hybridized carbons (Fsp3) is 1.00. The predicted octanol–water partition coefficient (Wildman–Crippen LogP) is 9.40. The summed E-state index contributed by atoms with van der Waals surface area (Å²) in [7, 11) is 1.90. The molecule has 0 aromatic heterocycles. The Kier molecular flexibility index (Phi) is 67.0. The minimum Gasteiger partial charge on any atom is -0.383 e. The summed E-state index contributed by atoms with van der Waals surface area (Å²) in [5.74, 6) is 0. The van der Waals surface area contributed by atoms with Gasteiger partial charge in [-0.25, -0.2) is 0 Å². The highest BCUT2D eigenvalue weighted by Crippen LogP contribution is 2.53. The Morgan fingerprint density at radius 1 is 0.643 bits per heavy atom. The normalized spacial score (nSPS) is 10.5. The standard InChI is InChI=1S/C8H23N3OP2.C4H12NP.8CH4/c1-9-14(6,10-7-8-12-2)11-13(3,4)5;1-5-6(2,3)4;;;;;;;;/h10H,7-8H2,1-6H3;1-4H3;8*1H4. The molecule has 0 amide bonds. The second-order valence-electron chi connectivity index (χ2n) is 6.19. The smallest absolute Gasteiger partial charge is 0.132 e. The van der Waals surface area contributed by atoms with Gasteiger partial charge in [0, 0.05) is 34.4 Å². The maximum atomic E-state index is 4.99. The third-order valence-corrected chi connectivity index (χ3v) is 8.49. The maximum absolute atomic E-state index is 4.99. The third-order valence-electron chi connectivity index (χ3n) is 2.15. The minimum atomic E-state index is -1.63. The van der Waals surface area contributed by atoms with Crippen molar-refractivity contribution in [1.29, 1.82) is 0 Å². The molecule has 188 valence electrons. The molecule has 0 spiro atoms. The fourth-order valence-corrected chi connectivity index (χ4v) is 6.43. The van der Waals surface area contributed by atoms with Crippen LogP contribution in [0.4, 0.5) is 0 Å². The quantitative estimate of drug-likeness (QED) is 0.320. The highest BCUT2D eigenvalue weighted by atomic mass is 31.2. The van der Waals surface area contributed by atoms with Crippen molar-refractivity contribution in [1.82, 2.24) is 5.09 Å². The zero-order valence-corrected chi connectivity index (χ0v) is 17.7. The van der Waals surface area contributed by atoms with Gasteiger partial charge in [0.15, 0.2) is 0 Å². The molecule has 1 N–H and O–H groups in total. The summed E-state index contributed by atoms with van der Waals surface area (Å²) in [6.45, 7) is 16.8. The van der Waals surface area contributed by atoms with Gasteiger partial charge >= 0.3 is 0 Å². The van der Waals surface area contributed by atoms with E-state index in [-0.39, 0.29) is 59.4 Å². The van der Waals surface area contributed by atoms with Crippen molar-refractivity contribution in [3.63, 3.8) is 0 Å².